The second-order valence-corrected chi connectivity index (χ2v) is 6.35. The largest absolute Gasteiger partial charge is 0.385 e. The molecule has 1 saturated carbocycles. The smallest absolute Gasteiger partial charge is 0.0340 e. The maximum atomic E-state index is 3.60. The van der Waals surface area contributed by atoms with Gasteiger partial charge >= 0.3 is 0 Å². The Kier molecular flexibility index (Phi) is 3.63. The zero-order chi connectivity index (χ0) is 15.5. The fourth-order valence-electron chi connectivity index (χ4n) is 3.72. The van der Waals surface area contributed by atoms with Crippen LogP contribution in [0.3, 0.4) is 0 Å². The maximum Gasteiger partial charge on any atom is 0.0340 e. The lowest BCUT2D eigenvalue weighted by Crippen LogP contribution is -2.16. The van der Waals surface area contributed by atoms with Crippen molar-refractivity contribution in [2.75, 3.05) is 11.9 Å². The Morgan fingerprint density at radius 1 is 0.696 bits per heavy atom. The van der Waals surface area contributed by atoms with Gasteiger partial charge in [-0.15, -0.1) is 0 Å². The van der Waals surface area contributed by atoms with Crippen LogP contribution in [0.15, 0.2) is 91.0 Å². The highest BCUT2D eigenvalue weighted by molar-refractivity contribution is 5.49. The van der Waals surface area contributed by atoms with E-state index in [-0.39, 0.29) is 5.41 Å². The van der Waals surface area contributed by atoms with E-state index in [1.54, 1.807) is 0 Å². The van der Waals surface area contributed by atoms with E-state index in [1.807, 2.05) is 0 Å². The molecular formula is C22H21N. The van der Waals surface area contributed by atoms with Crippen LogP contribution in [0.5, 0.6) is 0 Å². The van der Waals surface area contributed by atoms with Crippen molar-refractivity contribution >= 4 is 5.69 Å². The van der Waals surface area contributed by atoms with Crippen LogP contribution in [-0.4, -0.2) is 6.54 Å². The third kappa shape index (κ3) is 2.63. The number of para-hydroxylation sites is 1. The quantitative estimate of drug-likeness (QED) is 0.690. The molecule has 0 aliphatic heterocycles. The third-order valence-corrected chi connectivity index (χ3v) is 5.01. The lowest BCUT2D eigenvalue weighted by Gasteiger charge is -2.19. The van der Waals surface area contributed by atoms with Crippen LogP contribution in [0, 0.1) is 5.92 Å². The fourth-order valence-corrected chi connectivity index (χ4v) is 3.72. The summed E-state index contributed by atoms with van der Waals surface area (Å²) in [5.74, 6) is 0.632. The van der Waals surface area contributed by atoms with Crippen LogP contribution >= 0.6 is 0 Å². The van der Waals surface area contributed by atoms with Crippen LogP contribution in [0.4, 0.5) is 5.69 Å². The van der Waals surface area contributed by atoms with Gasteiger partial charge in [0.05, 0.1) is 0 Å². The molecule has 1 unspecified atom stereocenters. The molecule has 4 rings (SSSR count). The van der Waals surface area contributed by atoms with Crippen molar-refractivity contribution in [2.24, 2.45) is 5.92 Å². The van der Waals surface area contributed by atoms with Crippen LogP contribution in [-0.2, 0) is 5.41 Å². The highest BCUT2D eigenvalue weighted by atomic mass is 14.9. The first-order chi connectivity index (χ1) is 11.4. The number of rotatable bonds is 5. The molecule has 0 saturated heterocycles. The monoisotopic (exact) mass is 299 g/mol. The van der Waals surface area contributed by atoms with Crippen molar-refractivity contribution in [3.05, 3.63) is 102 Å². The van der Waals surface area contributed by atoms with Gasteiger partial charge in [-0.1, -0.05) is 78.9 Å². The zero-order valence-electron chi connectivity index (χ0n) is 13.2. The summed E-state index contributed by atoms with van der Waals surface area (Å²) in [6.07, 6.45) is 1.21. The summed E-state index contributed by atoms with van der Waals surface area (Å²) in [4.78, 5) is 0. The van der Waals surface area contributed by atoms with Crippen molar-refractivity contribution in [2.45, 2.75) is 11.8 Å². The number of benzene rings is 3. The molecule has 0 heterocycles. The van der Waals surface area contributed by atoms with Gasteiger partial charge in [-0.3, -0.25) is 0 Å². The predicted octanol–water partition coefficient (Wildman–Crippen LogP) is 5.10. The normalized spacial score (nSPS) is 18.3. The first-order valence-corrected chi connectivity index (χ1v) is 8.29. The van der Waals surface area contributed by atoms with Crippen molar-refractivity contribution in [1.82, 2.24) is 0 Å². The van der Waals surface area contributed by atoms with Crippen LogP contribution in [0.25, 0.3) is 0 Å². The molecule has 0 aromatic heterocycles. The minimum atomic E-state index is 0.171. The SMILES string of the molecule is c1ccc(NCC2CC2(c2ccccc2)c2ccccc2)cc1. The van der Waals surface area contributed by atoms with Gasteiger partial charge in [0.25, 0.3) is 0 Å². The van der Waals surface area contributed by atoms with Crippen LogP contribution in [0.1, 0.15) is 17.5 Å². The lowest BCUT2D eigenvalue weighted by atomic mass is 9.86. The second kappa shape index (κ2) is 5.92. The molecule has 1 fully saturated rings. The highest BCUT2D eigenvalue weighted by Gasteiger charge is 2.55. The van der Waals surface area contributed by atoms with Gasteiger partial charge in [-0.05, 0) is 35.6 Å². The third-order valence-electron chi connectivity index (χ3n) is 5.01. The van der Waals surface area contributed by atoms with Gasteiger partial charge in [0.2, 0.25) is 0 Å². The van der Waals surface area contributed by atoms with Crippen molar-refractivity contribution in [3.63, 3.8) is 0 Å². The molecule has 3 aromatic rings. The summed E-state index contributed by atoms with van der Waals surface area (Å²) < 4.78 is 0. The van der Waals surface area contributed by atoms with Gasteiger partial charge in [-0.25, -0.2) is 0 Å². The van der Waals surface area contributed by atoms with Gasteiger partial charge in [0, 0.05) is 17.6 Å². The van der Waals surface area contributed by atoms with Gasteiger partial charge in [0.15, 0.2) is 0 Å². The number of anilines is 1. The first kappa shape index (κ1) is 14.1. The van der Waals surface area contributed by atoms with E-state index in [2.05, 4.69) is 96.3 Å². The minimum absolute atomic E-state index is 0.171. The molecular weight excluding hydrogens is 278 g/mol. The van der Waals surface area contributed by atoms with E-state index < -0.39 is 0 Å². The number of hydrogen-bond donors (Lipinski definition) is 1. The van der Waals surface area contributed by atoms with Crippen molar-refractivity contribution in [3.8, 4) is 0 Å². The van der Waals surface area contributed by atoms with Gasteiger partial charge < -0.3 is 5.32 Å². The minimum Gasteiger partial charge on any atom is -0.385 e. The Balaban J connectivity index is 1.60. The average molecular weight is 299 g/mol. The molecule has 3 aromatic carbocycles. The van der Waals surface area contributed by atoms with E-state index in [4.69, 9.17) is 0 Å². The molecule has 1 nitrogen and oxygen atoms in total. The summed E-state index contributed by atoms with van der Waals surface area (Å²) >= 11 is 0. The zero-order valence-corrected chi connectivity index (χ0v) is 13.2. The topological polar surface area (TPSA) is 12.0 Å². The van der Waals surface area contributed by atoms with E-state index >= 15 is 0 Å². The molecule has 1 heteroatoms. The Hall–Kier alpha value is -2.54. The summed E-state index contributed by atoms with van der Waals surface area (Å²) in [5.41, 5.74) is 4.25. The number of hydrogen-bond acceptors (Lipinski definition) is 1. The highest BCUT2D eigenvalue weighted by Crippen LogP contribution is 2.58. The van der Waals surface area contributed by atoms with Crippen molar-refractivity contribution in [1.29, 1.82) is 0 Å². The van der Waals surface area contributed by atoms with Crippen LogP contribution < -0.4 is 5.32 Å². The molecule has 114 valence electrons. The van der Waals surface area contributed by atoms with E-state index in [1.165, 1.54) is 23.2 Å². The molecule has 0 bridgehead atoms. The Morgan fingerprint density at radius 2 is 1.17 bits per heavy atom. The lowest BCUT2D eigenvalue weighted by molar-refractivity contribution is 0.721. The standard InChI is InChI=1S/C22H21N/c1-4-10-18(11-5-1)22(19-12-6-2-7-13-19)16-20(22)17-23-21-14-8-3-9-15-21/h1-15,20,23H,16-17H2. The Morgan fingerprint density at radius 3 is 1.70 bits per heavy atom. The Bertz CT molecular complexity index is 710. The molecule has 0 amide bonds. The average Bonchev–Trinajstić information content (AvgIpc) is 3.38. The fraction of sp³-hybridized carbons (Fsp3) is 0.182. The maximum absolute atomic E-state index is 3.60. The van der Waals surface area contributed by atoms with E-state index in [0.717, 1.165) is 6.54 Å². The molecule has 1 aliphatic rings. The predicted molar refractivity (Wildman–Crippen MR) is 96.7 cm³/mol. The summed E-state index contributed by atoms with van der Waals surface area (Å²) in [6.45, 7) is 1.01. The molecule has 1 atom stereocenters. The van der Waals surface area contributed by atoms with E-state index in [0.29, 0.717) is 5.92 Å². The van der Waals surface area contributed by atoms with Crippen LogP contribution in [0.2, 0.25) is 0 Å². The van der Waals surface area contributed by atoms with Crippen molar-refractivity contribution < 1.29 is 0 Å². The molecule has 1 N–H and O–H groups in total. The summed E-state index contributed by atoms with van der Waals surface area (Å²) in [6, 6.07) is 32.4. The summed E-state index contributed by atoms with van der Waals surface area (Å²) in [7, 11) is 0. The van der Waals surface area contributed by atoms with Gasteiger partial charge in [0.1, 0.15) is 0 Å². The summed E-state index contributed by atoms with van der Waals surface area (Å²) in [5, 5.41) is 3.60. The molecule has 23 heavy (non-hydrogen) atoms. The molecule has 1 aliphatic carbocycles. The molecule has 0 radical (unpaired) electrons. The van der Waals surface area contributed by atoms with Gasteiger partial charge in [-0.2, -0.15) is 0 Å². The first-order valence-electron chi connectivity index (χ1n) is 8.29. The van der Waals surface area contributed by atoms with E-state index in [9.17, 15) is 0 Å². The Labute approximate surface area is 138 Å². The number of nitrogens with one attached hydrogen (secondary N) is 1. The molecule has 0 spiro atoms. The second-order valence-electron chi connectivity index (χ2n) is 6.35.